The summed E-state index contributed by atoms with van der Waals surface area (Å²) in [4.78, 5) is 2.32. The van der Waals surface area contributed by atoms with E-state index in [0.29, 0.717) is 25.7 Å². The van der Waals surface area contributed by atoms with Crippen LogP contribution in [0.15, 0.2) is 0 Å². The fourth-order valence-corrected chi connectivity index (χ4v) is 2.02. The van der Waals surface area contributed by atoms with Gasteiger partial charge in [0.25, 0.3) is 0 Å². The van der Waals surface area contributed by atoms with Gasteiger partial charge in [0, 0.05) is 26.8 Å². The minimum absolute atomic E-state index is 0.344. The predicted molar refractivity (Wildman–Crippen MR) is 76.8 cm³/mol. The van der Waals surface area contributed by atoms with Gasteiger partial charge in [0.15, 0.2) is 0 Å². The van der Waals surface area contributed by atoms with Crippen LogP contribution in [0.1, 0.15) is 33.1 Å². The first-order valence-electron chi connectivity index (χ1n) is 6.95. The molecule has 0 aromatic heterocycles. The lowest BCUT2D eigenvalue weighted by molar-refractivity contribution is 0.0733. The molecule has 0 saturated carbocycles. The molecule has 0 aliphatic heterocycles. The molecule has 0 aromatic carbocycles. The molecule has 112 valence electrons. The summed E-state index contributed by atoms with van der Waals surface area (Å²) in [5.41, 5.74) is 5.31. The Kier molecular flexibility index (Phi) is 9.80. The highest BCUT2D eigenvalue weighted by atomic mass is 16.5. The summed E-state index contributed by atoms with van der Waals surface area (Å²) >= 11 is 0. The SMILES string of the molecule is CCC(N)(C#N)CCCN(CCOC)C(C)COC. The van der Waals surface area contributed by atoms with Crippen molar-refractivity contribution in [3.8, 4) is 6.07 Å². The lowest BCUT2D eigenvalue weighted by atomic mass is 9.93. The highest BCUT2D eigenvalue weighted by Crippen LogP contribution is 2.14. The van der Waals surface area contributed by atoms with Crippen LogP contribution in [-0.4, -0.2) is 57.0 Å². The summed E-state index contributed by atoms with van der Waals surface area (Å²) < 4.78 is 10.3. The Morgan fingerprint density at radius 3 is 2.47 bits per heavy atom. The smallest absolute Gasteiger partial charge is 0.104 e. The Hall–Kier alpha value is -0.670. The van der Waals surface area contributed by atoms with Crippen molar-refractivity contribution in [2.45, 2.75) is 44.7 Å². The standard InChI is InChI=1S/C14H29N3O2/c1-5-14(16,12-15)7-6-8-17(9-10-18-3)13(2)11-19-4/h13H,5-11,16H2,1-4H3. The molecule has 5 nitrogen and oxygen atoms in total. The molecule has 0 aliphatic carbocycles. The summed E-state index contributed by atoms with van der Waals surface area (Å²) in [6.45, 7) is 7.28. The van der Waals surface area contributed by atoms with Gasteiger partial charge in [-0.25, -0.2) is 0 Å². The van der Waals surface area contributed by atoms with Crippen molar-refractivity contribution in [2.24, 2.45) is 5.73 Å². The topological polar surface area (TPSA) is 71.5 Å². The van der Waals surface area contributed by atoms with E-state index < -0.39 is 5.54 Å². The van der Waals surface area contributed by atoms with Crippen molar-refractivity contribution in [3.05, 3.63) is 0 Å². The maximum absolute atomic E-state index is 9.06. The molecule has 0 saturated heterocycles. The number of nitrogens with zero attached hydrogens (tertiary/aromatic N) is 2. The van der Waals surface area contributed by atoms with Crippen LogP contribution in [0.2, 0.25) is 0 Å². The zero-order chi connectivity index (χ0) is 14.7. The lowest BCUT2D eigenvalue weighted by Crippen LogP contribution is -2.41. The molecule has 0 amide bonds. The third-order valence-corrected chi connectivity index (χ3v) is 3.54. The average molecular weight is 271 g/mol. The molecule has 2 N–H and O–H groups in total. The Morgan fingerprint density at radius 2 is 2.00 bits per heavy atom. The van der Waals surface area contributed by atoms with E-state index in [1.807, 2.05) is 6.92 Å². The molecule has 0 spiro atoms. The number of ether oxygens (including phenoxy) is 2. The first-order chi connectivity index (χ1) is 9.02. The quantitative estimate of drug-likeness (QED) is 0.614. The van der Waals surface area contributed by atoms with Crippen LogP contribution in [-0.2, 0) is 9.47 Å². The number of methoxy groups -OCH3 is 2. The maximum atomic E-state index is 9.06. The van der Waals surface area contributed by atoms with Crippen LogP contribution in [0.5, 0.6) is 0 Å². The molecule has 0 bridgehead atoms. The Morgan fingerprint density at radius 1 is 1.32 bits per heavy atom. The van der Waals surface area contributed by atoms with Gasteiger partial charge in [-0.15, -0.1) is 0 Å². The van der Waals surface area contributed by atoms with Crippen molar-refractivity contribution < 1.29 is 9.47 Å². The van der Waals surface area contributed by atoms with E-state index in [9.17, 15) is 0 Å². The van der Waals surface area contributed by atoms with Gasteiger partial charge in [0.2, 0.25) is 0 Å². The zero-order valence-corrected chi connectivity index (χ0v) is 12.8. The first-order valence-corrected chi connectivity index (χ1v) is 6.95. The van der Waals surface area contributed by atoms with Crippen LogP contribution in [0.3, 0.4) is 0 Å². The van der Waals surface area contributed by atoms with E-state index in [2.05, 4.69) is 17.9 Å². The largest absolute Gasteiger partial charge is 0.383 e. The second kappa shape index (κ2) is 10.2. The van der Waals surface area contributed by atoms with Gasteiger partial charge in [-0.2, -0.15) is 5.26 Å². The summed E-state index contributed by atoms with van der Waals surface area (Å²) in [5.74, 6) is 0. The van der Waals surface area contributed by atoms with Crippen LogP contribution < -0.4 is 5.73 Å². The fourth-order valence-electron chi connectivity index (χ4n) is 2.02. The van der Waals surface area contributed by atoms with Gasteiger partial charge in [0.05, 0.1) is 19.3 Å². The molecule has 5 heteroatoms. The summed E-state index contributed by atoms with van der Waals surface area (Å²) in [6, 6.07) is 2.55. The van der Waals surface area contributed by atoms with Gasteiger partial charge < -0.3 is 15.2 Å². The van der Waals surface area contributed by atoms with E-state index in [1.54, 1.807) is 14.2 Å². The molecule has 0 aliphatic rings. The van der Waals surface area contributed by atoms with Crippen LogP contribution in [0.4, 0.5) is 0 Å². The van der Waals surface area contributed by atoms with E-state index in [0.717, 1.165) is 25.9 Å². The number of hydrogen-bond acceptors (Lipinski definition) is 5. The first kappa shape index (κ1) is 18.3. The van der Waals surface area contributed by atoms with Gasteiger partial charge >= 0.3 is 0 Å². The Labute approximate surface area is 117 Å². The normalized spacial score (nSPS) is 16.1. The molecule has 0 rings (SSSR count). The molecule has 19 heavy (non-hydrogen) atoms. The summed E-state index contributed by atoms with van der Waals surface area (Å²) in [7, 11) is 3.42. The highest BCUT2D eigenvalue weighted by molar-refractivity contribution is 5.03. The van der Waals surface area contributed by atoms with Gasteiger partial charge in [-0.3, -0.25) is 4.90 Å². The van der Waals surface area contributed by atoms with Crippen LogP contribution in [0.25, 0.3) is 0 Å². The molecular weight excluding hydrogens is 242 g/mol. The Bertz CT molecular complexity index is 268. The predicted octanol–water partition coefficient (Wildman–Crippen LogP) is 1.38. The van der Waals surface area contributed by atoms with Crippen molar-refractivity contribution >= 4 is 0 Å². The Balaban J connectivity index is 4.22. The molecule has 0 aromatic rings. The fraction of sp³-hybridized carbons (Fsp3) is 0.929. The second-order valence-corrected chi connectivity index (χ2v) is 5.06. The van der Waals surface area contributed by atoms with E-state index >= 15 is 0 Å². The minimum Gasteiger partial charge on any atom is -0.383 e. The third-order valence-electron chi connectivity index (χ3n) is 3.54. The van der Waals surface area contributed by atoms with Gasteiger partial charge in [0.1, 0.15) is 5.54 Å². The third kappa shape index (κ3) is 7.48. The van der Waals surface area contributed by atoms with E-state index in [1.165, 1.54) is 0 Å². The number of rotatable bonds is 11. The molecule has 2 atom stereocenters. The zero-order valence-electron chi connectivity index (χ0n) is 12.8. The van der Waals surface area contributed by atoms with Gasteiger partial charge in [-0.1, -0.05) is 6.92 Å². The second-order valence-electron chi connectivity index (χ2n) is 5.06. The average Bonchev–Trinajstić information content (AvgIpc) is 2.42. The van der Waals surface area contributed by atoms with E-state index in [4.69, 9.17) is 20.5 Å². The van der Waals surface area contributed by atoms with Crippen molar-refractivity contribution in [2.75, 3.05) is 40.5 Å². The number of nitriles is 1. The molecule has 0 heterocycles. The van der Waals surface area contributed by atoms with Crippen LogP contribution in [0, 0.1) is 11.3 Å². The maximum Gasteiger partial charge on any atom is 0.104 e. The molecule has 0 radical (unpaired) electrons. The van der Waals surface area contributed by atoms with Crippen LogP contribution >= 0.6 is 0 Å². The van der Waals surface area contributed by atoms with Crippen molar-refractivity contribution in [1.29, 1.82) is 5.26 Å². The molecule has 0 fully saturated rings. The summed E-state index contributed by atoms with van der Waals surface area (Å²) in [6.07, 6.45) is 2.33. The monoisotopic (exact) mass is 271 g/mol. The number of nitrogens with two attached hydrogens (primary N) is 1. The lowest BCUT2D eigenvalue weighted by Gasteiger charge is -2.29. The minimum atomic E-state index is -0.683. The number of hydrogen-bond donors (Lipinski definition) is 1. The molecule has 2 unspecified atom stereocenters. The van der Waals surface area contributed by atoms with Crippen molar-refractivity contribution in [3.63, 3.8) is 0 Å². The summed E-state index contributed by atoms with van der Waals surface area (Å²) in [5, 5.41) is 9.06. The highest BCUT2D eigenvalue weighted by Gasteiger charge is 2.22. The van der Waals surface area contributed by atoms with Gasteiger partial charge in [-0.05, 0) is 32.7 Å². The van der Waals surface area contributed by atoms with Crippen molar-refractivity contribution in [1.82, 2.24) is 4.90 Å². The molecular formula is C14H29N3O2. The van der Waals surface area contributed by atoms with E-state index in [-0.39, 0.29) is 0 Å².